The highest BCUT2D eigenvalue weighted by molar-refractivity contribution is 9.10. The largest absolute Gasteiger partial charge is 0.389 e. The van der Waals surface area contributed by atoms with Gasteiger partial charge in [-0.05, 0) is 31.5 Å². The number of hydrogen-bond acceptors (Lipinski definition) is 3. The molecule has 0 saturated carbocycles. The summed E-state index contributed by atoms with van der Waals surface area (Å²) in [6.45, 7) is 5.45. The SMILES string of the molecule is CCOCC(O)CNc1cccc(Br)c1C. The number of anilines is 1. The molecule has 0 radical (unpaired) electrons. The van der Waals surface area contributed by atoms with Gasteiger partial charge in [0.25, 0.3) is 0 Å². The van der Waals surface area contributed by atoms with E-state index in [0.29, 0.717) is 19.8 Å². The highest BCUT2D eigenvalue weighted by atomic mass is 79.9. The molecule has 90 valence electrons. The number of rotatable bonds is 6. The lowest BCUT2D eigenvalue weighted by molar-refractivity contribution is 0.0496. The molecule has 1 rings (SSSR count). The number of aliphatic hydroxyl groups is 1. The molecule has 0 aliphatic heterocycles. The van der Waals surface area contributed by atoms with E-state index >= 15 is 0 Å². The monoisotopic (exact) mass is 287 g/mol. The van der Waals surface area contributed by atoms with Crippen LogP contribution in [0.4, 0.5) is 5.69 Å². The molecule has 1 unspecified atom stereocenters. The number of hydrogen-bond donors (Lipinski definition) is 2. The fourth-order valence-electron chi connectivity index (χ4n) is 1.34. The van der Waals surface area contributed by atoms with E-state index in [1.54, 1.807) is 0 Å². The predicted octanol–water partition coefficient (Wildman–Crippen LogP) is 2.57. The fraction of sp³-hybridized carbons (Fsp3) is 0.500. The number of aliphatic hydroxyl groups excluding tert-OH is 1. The third-order valence-corrected chi connectivity index (χ3v) is 3.17. The highest BCUT2D eigenvalue weighted by Crippen LogP contribution is 2.23. The zero-order chi connectivity index (χ0) is 12.0. The van der Waals surface area contributed by atoms with Crippen LogP contribution in [-0.4, -0.2) is 31.0 Å². The highest BCUT2D eigenvalue weighted by Gasteiger charge is 2.05. The van der Waals surface area contributed by atoms with Crippen molar-refractivity contribution < 1.29 is 9.84 Å². The van der Waals surface area contributed by atoms with Crippen LogP contribution in [0.15, 0.2) is 22.7 Å². The van der Waals surface area contributed by atoms with Crippen molar-refractivity contribution >= 4 is 21.6 Å². The Morgan fingerprint density at radius 1 is 1.50 bits per heavy atom. The summed E-state index contributed by atoms with van der Waals surface area (Å²) in [5, 5.41) is 12.8. The third-order valence-electron chi connectivity index (χ3n) is 2.31. The van der Waals surface area contributed by atoms with Crippen LogP contribution in [0.5, 0.6) is 0 Å². The van der Waals surface area contributed by atoms with Crippen molar-refractivity contribution in [3.8, 4) is 0 Å². The van der Waals surface area contributed by atoms with Gasteiger partial charge in [-0.15, -0.1) is 0 Å². The van der Waals surface area contributed by atoms with Gasteiger partial charge in [0.2, 0.25) is 0 Å². The normalized spacial score (nSPS) is 12.5. The van der Waals surface area contributed by atoms with E-state index in [9.17, 15) is 5.11 Å². The van der Waals surface area contributed by atoms with Crippen LogP contribution in [0.25, 0.3) is 0 Å². The molecule has 1 atom stereocenters. The van der Waals surface area contributed by atoms with E-state index in [2.05, 4.69) is 21.2 Å². The van der Waals surface area contributed by atoms with Gasteiger partial charge in [0.15, 0.2) is 0 Å². The summed E-state index contributed by atoms with van der Waals surface area (Å²) in [6.07, 6.45) is -0.474. The number of benzene rings is 1. The summed E-state index contributed by atoms with van der Waals surface area (Å²) < 4.78 is 6.20. The van der Waals surface area contributed by atoms with E-state index in [4.69, 9.17) is 4.74 Å². The predicted molar refractivity (Wildman–Crippen MR) is 69.9 cm³/mol. The maximum absolute atomic E-state index is 9.60. The minimum atomic E-state index is -0.474. The minimum Gasteiger partial charge on any atom is -0.389 e. The lowest BCUT2D eigenvalue weighted by atomic mass is 10.2. The van der Waals surface area contributed by atoms with Gasteiger partial charge in [-0.25, -0.2) is 0 Å². The molecule has 0 aliphatic carbocycles. The Hall–Kier alpha value is -0.580. The number of nitrogens with one attached hydrogen (secondary N) is 1. The van der Waals surface area contributed by atoms with Crippen LogP contribution in [0.2, 0.25) is 0 Å². The van der Waals surface area contributed by atoms with Crippen molar-refractivity contribution in [1.29, 1.82) is 0 Å². The molecule has 2 N–H and O–H groups in total. The molecule has 0 aromatic heterocycles. The van der Waals surface area contributed by atoms with Gasteiger partial charge in [0, 0.05) is 23.3 Å². The summed E-state index contributed by atoms with van der Waals surface area (Å²) in [6, 6.07) is 5.96. The molecule has 4 heteroatoms. The molecule has 0 aliphatic rings. The van der Waals surface area contributed by atoms with Gasteiger partial charge < -0.3 is 15.2 Å². The van der Waals surface area contributed by atoms with E-state index in [-0.39, 0.29) is 0 Å². The second-order valence-corrected chi connectivity index (χ2v) is 4.46. The Bertz CT molecular complexity index is 331. The van der Waals surface area contributed by atoms with Crippen molar-refractivity contribution in [2.75, 3.05) is 25.1 Å². The van der Waals surface area contributed by atoms with Crippen molar-refractivity contribution in [2.45, 2.75) is 20.0 Å². The first-order chi connectivity index (χ1) is 7.65. The van der Waals surface area contributed by atoms with Gasteiger partial charge in [0.1, 0.15) is 0 Å². The first kappa shape index (κ1) is 13.5. The van der Waals surface area contributed by atoms with Crippen molar-refractivity contribution in [2.24, 2.45) is 0 Å². The van der Waals surface area contributed by atoms with Crippen molar-refractivity contribution in [1.82, 2.24) is 0 Å². The van der Waals surface area contributed by atoms with Gasteiger partial charge in [-0.3, -0.25) is 0 Å². The smallest absolute Gasteiger partial charge is 0.0945 e. The second kappa shape index (κ2) is 6.89. The first-order valence-electron chi connectivity index (χ1n) is 5.40. The summed E-state index contributed by atoms with van der Waals surface area (Å²) in [7, 11) is 0. The zero-order valence-electron chi connectivity index (χ0n) is 9.66. The first-order valence-corrected chi connectivity index (χ1v) is 6.19. The Kier molecular flexibility index (Phi) is 5.80. The van der Waals surface area contributed by atoms with Crippen LogP contribution < -0.4 is 5.32 Å². The molecule has 0 heterocycles. The molecular formula is C12H18BrNO2. The van der Waals surface area contributed by atoms with Crippen molar-refractivity contribution in [3.63, 3.8) is 0 Å². The van der Waals surface area contributed by atoms with Gasteiger partial charge >= 0.3 is 0 Å². The van der Waals surface area contributed by atoms with E-state index in [1.807, 2.05) is 32.0 Å². The number of halogens is 1. The fourth-order valence-corrected chi connectivity index (χ4v) is 1.71. The van der Waals surface area contributed by atoms with Crippen LogP contribution in [0, 0.1) is 6.92 Å². The maximum atomic E-state index is 9.60. The van der Waals surface area contributed by atoms with Gasteiger partial charge in [0.05, 0.1) is 12.7 Å². The lowest BCUT2D eigenvalue weighted by Crippen LogP contribution is -2.25. The average molecular weight is 288 g/mol. The Morgan fingerprint density at radius 2 is 2.25 bits per heavy atom. The second-order valence-electron chi connectivity index (χ2n) is 3.61. The molecule has 16 heavy (non-hydrogen) atoms. The summed E-state index contributed by atoms with van der Waals surface area (Å²) >= 11 is 3.47. The van der Waals surface area contributed by atoms with Crippen LogP contribution in [0.3, 0.4) is 0 Å². The standard InChI is InChI=1S/C12H18BrNO2/c1-3-16-8-10(15)7-14-12-6-4-5-11(13)9(12)2/h4-6,10,14-15H,3,7-8H2,1-2H3. The van der Waals surface area contributed by atoms with Gasteiger partial charge in [-0.1, -0.05) is 22.0 Å². The molecular weight excluding hydrogens is 270 g/mol. The van der Waals surface area contributed by atoms with Crippen LogP contribution >= 0.6 is 15.9 Å². The Labute approximate surface area is 105 Å². The average Bonchev–Trinajstić information content (AvgIpc) is 2.28. The third kappa shape index (κ3) is 4.12. The Morgan fingerprint density at radius 3 is 2.94 bits per heavy atom. The maximum Gasteiger partial charge on any atom is 0.0945 e. The molecule has 0 fully saturated rings. The zero-order valence-corrected chi connectivity index (χ0v) is 11.3. The lowest BCUT2D eigenvalue weighted by Gasteiger charge is -2.14. The molecule has 0 spiro atoms. The van der Waals surface area contributed by atoms with Crippen LogP contribution in [-0.2, 0) is 4.74 Å². The van der Waals surface area contributed by atoms with Crippen molar-refractivity contribution in [3.05, 3.63) is 28.2 Å². The molecule has 0 saturated heterocycles. The summed E-state index contributed by atoms with van der Waals surface area (Å²) in [4.78, 5) is 0. The molecule has 0 bridgehead atoms. The molecule has 0 amide bonds. The van der Waals surface area contributed by atoms with E-state index in [0.717, 1.165) is 15.7 Å². The number of ether oxygens (including phenoxy) is 1. The topological polar surface area (TPSA) is 41.5 Å². The quantitative estimate of drug-likeness (QED) is 0.845. The van der Waals surface area contributed by atoms with Crippen LogP contribution in [0.1, 0.15) is 12.5 Å². The molecule has 3 nitrogen and oxygen atoms in total. The van der Waals surface area contributed by atoms with Gasteiger partial charge in [-0.2, -0.15) is 0 Å². The molecule has 1 aromatic rings. The Balaban J connectivity index is 2.45. The van der Waals surface area contributed by atoms with E-state index in [1.165, 1.54) is 0 Å². The van der Waals surface area contributed by atoms with E-state index < -0.39 is 6.10 Å². The summed E-state index contributed by atoms with van der Waals surface area (Å²) in [5.41, 5.74) is 2.18. The summed E-state index contributed by atoms with van der Waals surface area (Å²) in [5.74, 6) is 0. The minimum absolute atomic E-state index is 0.372. The molecule has 1 aromatic carbocycles.